The number of carbonyl (C=O) groups is 1. The molecule has 0 aliphatic heterocycles. The maximum absolute atomic E-state index is 12.5. The molecule has 1 aromatic carbocycles. The quantitative estimate of drug-likeness (QED) is 0.800. The maximum Gasteiger partial charge on any atom is 0.416 e. The van der Waals surface area contributed by atoms with Crippen LogP contribution in [-0.4, -0.2) is 18.6 Å². The molecule has 1 aliphatic rings. The first-order valence-corrected chi connectivity index (χ1v) is 6.32. The summed E-state index contributed by atoms with van der Waals surface area (Å²) in [5.74, 6) is 0.359. The molecule has 110 valence electrons. The van der Waals surface area contributed by atoms with Crippen LogP contribution in [0.3, 0.4) is 0 Å². The lowest BCUT2D eigenvalue weighted by Crippen LogP contribution is -2.43. The summed E-state index contributed by atoms with van der Waals surface area (Å²) >= 11 is 0. The van der Waals surface area contributed by atoms with E-state index >= 15 is 0 Å². The zero-order valence-electron chi connectivity index (χ0n) is 10.7. The Bertz CT molecular complexity index is 484. The van der Waals surface area contributed by atoms with Gasteiger partial charge >= 0.3 is 12.2 Å². The van der Waals surface area contributed by atoms with Crippen molar-refractivity contribution in [2.75, 3.05) is 11.9 Å². The molecule has 0 aromatic heterocycles. The Morgan fingerprint density at radius 2 is 2.05 bits per heavy atom. The molecule has 0 spiro atoms. The molecule has 0 radical (unpaired) electrons. The SMILES string of the molecule is NC1CC(CNC(=O)Nc2cccc(C(F)(F)F)c2)C1. The smallest absolute Gasteiger partial charge is 0.338 e. The molecule has 4 nitrogen and oxygen atoms in total. The van der Waals surface area contributed by atoms with E-state index in [0.29, 0.717) is 12.5 Å². The standard InChI is InChI=1S/C13H16F3N3O/c14-13(15,16)9-2-1-3-11(6-9)19-12(20)18-7-8-4-10(17)5-8/h1-3,6,8,10H,4-5,7,17H2,(H2,18,19,20). The summed E-state index contributed by atoms with van der Waals surface area (Å²) < 4.78 is 37.5. The van der Waals surface area contributed by atoms with Gasteiger partial charge < -0.3 is 16.4 Å². The first-order valence-electron chi connectivity index (χ1n) is 6.32. The van der Waals surface area contributed by atoms with Gasteiger partial charge in [-0.1, -0.05) is 6.07 Å². The Hall–Kier alpha value is -1.76. The highest BCUT2D eigenvalue weighted by molar-refractivity contribution is 5.89. The van der Waals surface area contributed by atoms with Crippen molar-refractivity contribution in [3.63, 3.8) is 0 Å². The number of carbonyl (C=O) groups excluding carboxylic acids is 1. The Kier molecular flexibility index (Phi) is 4.17. The summed E-state index contributed by atoms with van der Waals surface area (Å²) in [6, 6.07) is 4.22. The fourth-order valence-corrected chi connectivity index (χ4v) is 2.14. The van der Waals surface area contributed by atoms with Crippen LogP contribution in [0.5, 0.6) is 0 Å². The number of urea groups is 1. The number of benzene rings is 1. The molecule has 0 atom stereocenters. The third kappa shape index (κ3) is 3.86. The minimum absolute atomic E-state index is 0.114. The zero-order valence-corrected chi connectivity index (χ0v) is 10.7. The number of alkyl halides is 3. The van der Waals surface area contributed by atoms with Gasteiger partial charge in [0.15, 0.2) is 0 Å². The van der Waals surface area contributed by atoms with E-state index in [0.717, 1.165) is 25.0 Å². The van der Waals surface area contributed by atoms with Crippen LogP contribution in [0.15, 0.2) is 24.3 Å². The second-order valence-corrected chi connectivity index (χ2v) is 5.01. The van der Waals surface area contributed by atoms with Gasteiger partial charge in [0.2, 0.25) is 0 Å². The molecular weight excluding hydrogens is 271 g/mol. The molecule has 0 heterocycles. The molecule has 1 fully saturated rings. The highest BCUT2D eigenvalue weighted by atomic mass is 19.4. The van der Waals surface area contributed by atoms with Crippen molar-refractivity contribution in [1.82, 2.24) is 5.32 Å². The van der Waals surface area contributed by atoms with Gasteiger partial charge in [-0.3, -0.25) is 0 Å². The second kappa shape index (κ2) is 5.70. The third-order valence-electron chi connectivity index (χ3n) is 3.27. The Morgan fingerprint density at radius 1 is 1.35 bits per heavy atom. The molecule has 4 N–H and O–H groups in total. The van der Waals surface area contributed by atoms with Gasteiger partial charge in [0.25, 0.3) is 0 Å². The Morgan fingerprint density at radius 3 is 2.65 bits per heavy atom. The predicted octanol–water partition coefficient (Wildman–Crippen LogP) is 2.56. The topological polar surface area (TPSA) is 67.1 Å². The van der Waals surface area contributed by atoms with Gasteiger partial charge in [-0.15, -0.1) is 0 Å². The number of nitrogens with one attached hydrogen (secondary N) is 2. The molecule has 20 heavy (non-hydrogen) atoms. The van der Waals surface area contributed by atoms with Crippen LogP contribution in [0.4, 0.5) is 23.7 Å². The highest BCUT2D eigenvalue weighted by Gasteiger charge is 2.30. The van der Waals surface area contributed by atoms with Crippen molar-refractivity contribution in [2.24, 2.45) is 11.7 Å². The van der Waals surface area contributed by atoms with E-state index in [9.17, 15) is 18.0 Å². The lowest BCUT2D eigenvalue weighted by Gasteiger charge is -2.32. The average molecular weight is 287 g/mol. The Labute approximate surface area is 114 Å². The van der Waals surface area contributed by atoms with E-state index in [1.54, 1.807) is 0 Å². The van der Waals surface area contributed by atoms with E-state index in [-0.39, 0.29) is 11.7 Å². The van der Waals surface area contributed by atoms with Crippen LogP contribution in [0, 0.1) is 5.92 Å². The van der Waals surface area contributed by atoms with Gasteiger partial charge in [0.1, 0.15) is 0 Å². The minimum Gasteiger partial charge on any atom is -0.338 e. The summed E-state index contributed by atoms with van der Waals surface area (Å²) in [5, 5.41) is 5.01. The minimum atomic E-state index is -4.42. The number of nitrogens with two attached hydrogens (primary N) is 1. The molecule has 2 amide bonds. The lowest BCUT2D eigenvalue weighted by atomic mass is 9.81. The van der Waals surface area contributed by atoms with Crippen molar-refractivity contribution in [1.29, 1.82) is 0 Å². The molecule has 2 rings (SSSR count). The summed E-state index contributed by atoms with van der Waals surface area (Å²) in [5.41, 5.74) is 4.94. The van der Waals surface area contributed by atoms with E-state index < -0.39 is 17.8 Å². The summed E-state index contributed by atoms with van der Waals surface area (Å²) in [6.07, 6.45) is -2.69. The summed E-state index contributed by atoms with van der Waals surface area (Å²) in [4.78, 5) is 11.6. The summed E-state index contributed by atoms with van der Waals surface area (Å²) in [7, 11) is 0. The number of rotatable bonds is 3. The van der Waals surface area contributed by atoms with Crippen LogP contribution >= 0.6 is 0 Å². The molecule has 0 saturated heterocycles. The van der Waals surface area contributed by atoms with E-state index in [4.69, 9.17) is 5.73 Å². The van der Waals surface area contributed by atoms with Gasteiger partial charge in [-0.05, 0) is 37.0 Å². The van der Waals surface area contributed by atoms with E-state index in [2.05, 4.69) is 10.6 Å². The first-order chi connectivity index (χ1) is 9.34. The van der Waals surface area contributed by atoms with Gasteiger partial charge in [-0.2, -0.15) is 13.2 Å². The largest absolute Gasteiger partial charge is 0.416 e. The van der Waals surface area contributed by atoms with Crippen molar-refractivity contribution >= 4 is 11.7 Å². The molecule has 1 aromatic rings. The normalized spacial score (nSPS) is 22.0. The number of hydrogen-bond acceptors (Lipinski definition) is 2. The highest BCUT2D eigenvalue weighted by Crippen LogP contribution is 2.30. The van der Waals surface area contributed by atoms with Gasteiger partial charge in [-0.25, -0.2) is 4.79 Å². The molecule has 1 saturated carbocycles. The fraction of sp³-hybridized carbons (Fsp3) is 0.462. The predicted molar refractivity (Wildman–Crippen MR) is 69.2 cm³/mol. The number of amides is 2. The molecule has 0 unspecified atom stereocenters. The number of anilines is 1. The first kappa shape index (κ1) is 14.6. The van der Waals surface area contributed by atoms with Crippen LogP contribution < -0.4 is 16.4 Å². The average Bonchev–Trinajstić information content (AvgIpc) is 2.32. The molecule has 0 bridgehead atoms. The van der Waals surface area contributed by atoms with Crippen LogP contribution in [0.2, 0.25) is 0 Å². The molecule has 7 heteroatoms. The van der Waals surface area contributed by atoms with Crippen molar-refractivity contribution in [3.05, 3.63) is 29.8 Å². The van der Waals surface area contributed by atoms with Crippen molar-refractivity contribution in [2.45, 2.75) is 25.1 Å². The van der Waals surface area contributed by atoms with E-state index in [1.807, 2.05) is 0 Å². The second-order valence-electron chi connectivity index (χ2n) is 5.01. The van der Waals surface area contributed by atoms with Crippen molar-refractivity contribution < 1.29 is 18.0 Å². The van der Waals surface area contributed by atoms with Crippen LogP contribution in [0.1, 0.15) is 18.4 Å². The van der Waals surface area contributed by atoms with Crippen molar-refractivity contribution in [3.8, 4) is 0 Å². The fourth-order valence-electron chi connectivity index (χ4n) is 2.14. The van der Waals surface area contributed by atoms with Gasteiger partial charge in [0, 0.05) is 18.3 Å². The van der Waals surface area contributed by atoms with Crippen LogP contribution in [-0.2, 0) is 6.18 Å². The van der Waals surface area contributed by atoms with Crippen LogP contribution in [0.25, 0.3) is 0 Å². The number of hydrogen-bond donors (Lipinski definition) is 3. The third-order valence-corrected chi connectivity index (χ3v) is 3.27. The lowest BCUT2D eigenvalue weighted by molar-refractivity contribution is -0.137. The molecular formula is C13H16F3N3O. The molecule has 1 aliphatic carbocycles. The maximum atomic E-state index is 12.5. The van der Waals surface area contributed by atoms with E-state index in [1.165, 1.54) is 12.1 Å². The van der Waals surface area contributed by atoms with Gasteiger partial charge in [0.05, 0.1) is 5.56 Å². The zero-order chi connectivity index (χ0) is 14.8. The summed E-state index contributed by atoms with van der Waals surface area (Å²) in [6.45, 7) is 0.485. The number of halogens is 3. The monoisotopic (exact) mass is 287 g/mol. The Balaban J connectivity index is 1.84.